The van der Waals surface area contributed by atoms with Gasteiger partial charge < -0.3 is 14.2 Å². The van der Waals surface area contributed by atoms with Crippen molar-refractivity contribution < 1.29 is 23.8 Å². The molecule has 0 heterocycles. The van der Waals surface area contributed by atoms with Crippen LogP contribution >= 0.6 is 0 Å². The zero-order chi connectivity index (χ0) is 43.5. The van der Waals surface area contributed by atoms with Crippen molar-refractivity contribution in [2.24, 2.45) is 0 Å². The summed E-state index contributed by atoms with van der Waals surface area (Å²) in [5, 5.41) is 0. The minimum Gasteiger partial charge on any atom is -0.462 e. The van der Waals surface area contributed by atoms with E-state index >= 15 is 0 Å². The summed E-state index contributed by atoms with van der Waals surface area (Å²) in [6, 6.07) is 0. The topological polar surface area (TPSA) is 61.8 Å². The van der Waals surface area contributed by atoms with E-state index < -0.39 is 6.10 Å². The van der Waals surface area contributed by atoms with Crippen LogP contribution in [-0.4, -0.2) is 37.9 Å². The Morgan fingerprint density at radius 3 is 1.28 bits per heavy atom. The van der Waals surface area contributed by atoms with Crippen LogP contribution in [0, 0.1) is 0 Å². The zero-order valence-electron chi connectivity index (χ0n) is 38.9. The van der Waals surface area contributed by atoms with Gasteiger partial charge in [0.1, 0.15) is 6.61 Å². The molecule has 1 unspecified atom stereocenters. The highest BCUT2D eigenvalue weighted by molar-refractivity contribution is 5.71. The molecule has 0 aromatic heterocycles. The van der Waals surface area contributed by atoms with Gasteiger partial charge in [-0.3, -0.25) is 9.59 Å². The van der Waals surface area contributed by atoms with E-state index in [0.29, 0.717) is 13.0 Å². The van der Waals surface area contributed by atoms with Crippen molar-refractivity contribution in [1.82, 2.24) is 0 Å². The van der Waals surface area contributed by atoms with Gasteiger partial charge in [0.15, 0.2) is 6.10 Å². The summed E-state index contributed by atoms with van der Waals surface area (Å²) >= 11 is 0. The van der Waals surface area contributed by atoms with Crippen molar-refractivity contribution >= 4 is 11.9 Å². The van der Waals surface area contributed by atoms with E-state index in [1.807, 2.05) is 12.2 Å². The third kappa shape index (κ3) is 47.2. The van der Waals surface area contributed by atoms with E-state index in [9.17, 15) is 9.59 Å². The maximum Gasteiger partial charge on any atom is 0.310 e. The van der Waals surface area contributed by atoms with Crippen molar-refractivity contribution in [3.63, 3.8) is 0 Å². The third-order valence-electron chi connectivity index (χ3n) is 9.84. The second-order valence-electron chi connectivity index (χ2n) is 15.6. The van der Waals surface area contributed by atoms with E-state index in [1.165, 1.54) is 70.6 Å². The summed E-state index contributed by atoms with van der Waals surface area (Å²) in [6.07, 6.45) is 68.3. The third-order valence-corrected chi connectivity index (χ3v) is 9.84. The Hall–Kier alpha value is -3.44. The minimum absolute atomic E-state index is 0.0333. The standard InChI is InChI=1S/C55H90O5/c1-4-7-10-13-16-19-22-24-26-27-28-29-31-32-34-36-39-42-45-48-54(56)59-52-53(51-58-50-47-44-41-38-21-18-15-12-9-6-3)60-55(57)49-46-43-40-37-35-33-30-25-23-20-17-14-11-8-5-2/h7-8,10-11,16-17,19-20,24-26,28-30,35,37,43,46,53H,4-6,9,12-15,18,21-23,27,31-34,36,38-42,44-45,47-52H2,1-3H3/b10-7-,11-8-,19-16-,20-17-,26-24-,29-28-,30-25-,37-35-,46-43-. The Morgan fingerprint density at radius 1 is 0.400 bits per heavy atom. The number of allylic oxidation sites excluding steroid dienone is 17. The highest BCUT2D eigenvalue weighted by atomic mass is 16.6. The van der Waals surface area contributed by atoms with Crippen LogP contribution < -0.4 is 0 Å². The smallest absolute Gasteiger partial charge is 0.310 e. The molecule has 0 spiro atoms. The monoisotopic (exact) mass is 831 g/mol. The number of carbonyl (C=O) groups excluding carboxylic acids is 2. The molecule has 0 N–H and O–H groups in total. The number of hydrogen-bond acceptors (Lipinski definition) is 5. The molecule has 0 aliphatic heterocycles. The maximum absolute atomic E-state index is 12.7. The molecule has 60 heavy (non-hydrogen) atoms. The summed E-state index contributed by atoms with van der Waals surface area (Å²) in [4.78, 5) is 25.3. The predicted octanol–water partition coefficient (Wildman–Crippen LogP) is 16.4. The first-order valence-electron chi connectivity index (χ1n) is 24.4. The molecule has 0 aliphatic carbocycles. The van der Waals surface area contributed by atoms with E-state index in [2.05, 4.69) is 118 Å². The van der Waals surface area contributed by atoms with Gasteiger partial charge in [0, 0.05) is 13.0 Å². The van der Waals surface area contributed by atoms with Crippen LogP contribution in [0.1, 0.15) is 201 Å². The quantitative estimate of drug-likeness (QED) is 0.0348. The summed E-state index contributed by atoms with van der Waals surface area (Å²) in [5.74, 6) is -0.565. The molecule has 0 rings (SSSR count). The molecule has 5 nitrogen and oxygen atoms in total. The van der Waals surface area contributed by atoms with E-state index in [1.54, 1.807) is 0 Å². The molecule has 0 aromatic carbocycles. The molecule has 0 aliphatic rings. The summed E-state index contributed by atoms with van der Waals surface area (Å²) in [7, 11) is 0. The van der Waals surface area contributed by atoms with Crippen LogP contribution in [0.2, 0.25) is 0 Å². The molecule has 5 heteroatoms. The number of carbonyl (C=O) groups is 2. The molecule has 0 amide bonds. The fraction of sp³-hybridized carbons (Fsp3) is 0.636. The zero-order valence-corrected chi connectivity index (χ0v) is 38.9. The highest BCUT2D eigenvalue weighted by Crippen LogP contribution is 2.12. The summed E-state index contributed by atoms with van der Waals surface area (Å²) < 4.78 is 17.2. The molecule has 0 bridgehead atoms. The fourth-order valence-electron chi connectivity index (χ4n) is 6.28. The lowest BCUT2D eigenvalue weighted by Gasteiger charge is -2.18. The number of rotatable bonds is 43. The lowest BCUT2D eigenvalue weighted by Crippen LogP contribution is -2.29. The van der Waals surface area contributed by atoms with Gasteiger partial charge in [-0.25, -0.2) is 0 Å². The van der Waals surface area contributed by atoms with Crippen molar-refractivity contribution in [1.29, 1.82) is 0 Å². The molecule has 0 radical (unpaired) electrons. The van der Waals surface area contributed by atoms with Crippen LogP contribution in [0.15, 0.2) is 109 Å². The largest absolute Gasteiger partial charge is 0.462 e. The minimum atomic E-state index is -0.600. The Kier molecular flexibility index (Phi) is 47.1. The van der Waals surface area contributed by atoms with Crippen molar-refractivity contribution in [3.8, 4) is 0 Å². The van der Waals surface area contributed by atoms with Gasteiger partial charge >= 0.3 is 11.9 Å². The molecule has 1 atom stereocenters. The van der Waals surface area contributed by atoms with Crippen LogP contribution in [0.5, 0.6) is 0 Å². The molecule has 0 aromatic rings. The Balaban J connectivity index is 4.38. The summed E-state index contributed by atoms with van der Waals surface area (Å²) in [5.41, 5.74) is 0. The van der Waals surface area contributed by atoms with Crippen LogP contribution in [0.4, 0.5) is 0 Å². The van der Waals surface area contributed by atoms with Gasteiger partial charge in [-0.15, -0.1) is 0 Å². The highest BCUT2D eigenvalue weighted by Gasteiger charge is 2.17. The number of unbranched alkanes of at least 4 members (excludes halogenated alkanes) is 15. The molecule has 0 saturated carbocycles. The average molecular weight is 831 g/mol. The molecular formula is C55H90O5. The van der Waals surface area contributed by atoms with Gasteiger partial charge in [-0.05, 0) is 83.5 Å². The van der Waals surface area contributed by atoms with E-state index in [4.69, 9.17) is 14.2 Å². The Labute approximate surface area is 370 Å². The lowest BCUT2D eigenvalue weighted by molar-refractivity contribution is -0.162. The number of esters is 2. The van der Waals surface area contributed by atoms with Gasteiger partial charge in [-0.2, -0.15) is 0 Å². The second-order valence-corrected chi connectivity index (χ2v) is 15.6. The van der Waals surface area contributed by atoms with Crippen molar-refractivity contribution in [2.45, 2.75) is 207 Å². The van der Waals surface area contributed by atoms with Gasteiger partial charge in [0.05, 0.1) is 13.0 Å². The Morgan fingerprint density at radius 2 is 0.800 bits per heavy atom. The van der Waals surface area contributed by atoms with E-state index in [0.717, 1.165) is 96.3 Å². The van der Waals surface area contributed by atoms with Crippen molar-refractivity contribution in [2.75, 3.05) is 19.8 Å². The molecule has 0 fully saturated rings. The van der Waals surface area contributed by atoms with Crippen molar-refractivity contribution in [3.05, 3.63) is 109 Å². The van der Waals surface area contributed by atoms with Gasteiger partial charge in [0.2, 0.25) is 0 Å². The average Bonchev–Trinajstić information content (AvgIpc) is 3.25. The van der Waals surface area contributed by atoms with Crippen LogP contribution in [0.25, 0.3) is 0 Å². The molecular weight excluding hydrogens is 741 g/mol. The number of hydrogen-bond donors (Lipinski definition) is 0. The normalized spacial score (nSPS) is 13.2. The first-order chi connectivity index (χ1) is 29.6. The van der Waals surface area contributed by atoms with E-state index in [-0.39, 0.29) is 31.6 Å². The van der Waals surface area contributed by atoms with Crippen LogP contribution in [0.3, 0.4) is 0 Å². The molecule has 0 saturated heterocycles. The second kappa shape index (κ2) is 49.9. The predicted molar refractivity (Wildman–Crippen MR) is 260 cm³/mol. The molecule has 340 valence electrons. The summed E-state index contributed by atoms with van der Waals surface area (Å²) in [6.45, 7) is 7.46. The Bertz CT molecular complexity index is 1210. The lowest BCUT2D eigenvalue weighted by atomic mass is 10.1. The number of ether oxygens (including phenoxy) is 3. The maximum atomic E-state index is 12.7. The first-order valence-corrected chi connectivity index (χ1v) is 24.4. The first kappa shape index (κ1) is 56.6. The van der Waals surface area contributed by atoms with Gasteiger partial charge in [0.25, 0.3) is 0 Å². The SMILES string of the molecule is CC/C=C\C/C=C\C/C=C\C/C=C\C/C=C\CC(=O)OC(COCCCCCCCCCCCC)COC(=O)CCCCCCCC/C=C\C/C=C\C/C=C\C/C=C\CC. The fourth-order valence-corrected chi connectivity index (χ4v) is 6.28. The van der Waals surface area contributed by atoms with Gasteiger partial charge in [-0.1, -0.05) is 214 Å². The van der Waals surface area contributed by atoms with Crippen LogP contribution in [-0.2, 0) is 23.8 Å².